The van der Waals surface area contributed by atoms with Crippen LogP contribution in [0.5, 0.6) is 0 Å². The first-order chi connectivity index (χ1) is 9.83. The van der Waals surface area contributed by atoms with E-state index in [-0.39, 0.29) is 11.9 Å². The molecule has 0 radical (unpaired) electrons. The number of anilines is 1. The summed E-state index contributed by atoms with van der Waals surface area (Å²) >= 11 is 0. The number of benzene rings is 2. The summed E-state index contributed by atoms with van der Waals surface area (Å²) in [7, 11) is 0. The predicted octanol–water partition coefficient (Wildman–Crippen LogP) is 3.58. The van der Waals surface area contributed by atoms with Gasteiger partial charge in [0, 0.05) is 6.54 Å². The lowest BCUT2D eigenvalue weighted by Gasteiger charge is -2.27. The molecule has 1 aliphatic heterocycles. The number of nitrogens with one attached hydrogen (secondary N) is 1. The number of imidazole rings is 1. The topological polar surface area (TPSA) is 29.9 Å². The molecule has 0 spiro atoms. The second-order valence-corrected chi connectivity index (χ2v) is 5.08. The van der Waals surface area contributed by atoms with Crippen molar-refractivity contribution >= 4 is 17.0 Å². The highest BCUT2D eigenvalue weighted by Crippen LogP contribution is 2.33. The van der Waals surface area contributed by atoms with Gasteiger partial charge in [0.15, 0.2) is 0 Å². The molecule has 1 N–H and O–H groups in total. The Bertz CT molecular complexity index is 761. The van der Waals surface area contributed by atoms with Crippen LogP contribution in [-0.2, 0) is 0 Å². The van der Waals surface area contributed by atoms with E-state index in [1.165, 1.54) is 12.1 Å². The lowest BCUT2D eigenvalue weighted by atomic mass is 10.0. The fourth-order valence-corrected chi connectivity index (χ4v) is 2.94. The van der Waals surface area contributed by atoms with Crippen molar-refractivity contribution in [2.75, 3.05) is 11.9 Å². The number of hydrogen-bond acceptors (Lipinski definition) is 2. The van der Waals surface area contributed by atoms with Crippen molar-refractivity contribution in [1.82, 2.24) is 9.55 Å². The molecule has 3 nitrogen and oxygen atoms in total. The number of rotatable bonds is 1. The second-order valence-electron chi connectivity index (χ2n) is 5.08. The Labute approximate surface area is 116 Å². The van der Waals surface area contributed by atoms with E-state index in [9.17, 15) is 4.39 Å². The lowest BCUT2D eigenvalue weighted by molar-refractivity contribution is 0.541. The van der Waals surface area contributed by atoms with E-state index < -0.39 is 0 Å². The molecule has 1 aliphatic rings. The van der Waals surface area contributed by atoms with Crippen LogP contribution in [0.2, 0.25) is 0 Å². The zero-order chi connectivity index (χ0) is 13.5. The number of nitrogens with zero attached hydrogens (tertiary/aromatic N) is 2. The third-order valence-corrected chi connectivity index (χ3v) is 3.86. The Hall–Kier alpha value is -2.36. The highest BCUT2D eigenvalue weighted by molar-refractivity contribution is 5.79. The standard InChI is InChI=1S/C16H14FN3/c17-12-7-5-11(6-8-12)14-9-10-18-16-19-13-3-1-2-4-15(13)20(14)16/h1-8,14H,9-10H2,(H,18,19). The minimum absolute atomic E-state index is 0.196. The summed E-state index contributed by atoms with van der Waals surface area (Å²) in [5, 5.41) is 3.34. The van der Waals surface area contributed by atoms with Gasteiger partial charge in [-0.15, -0.1) is 0 Å². The molecule has 0 fully saturated rings. The second kappa shape index (κ2) is 4.34. The molecule has 1 atom stereocenters. The van der Waals surface area contributed by atoms with Crippen LogP contribution in [-0.4, -0.2) is 16.1 Å². The molecule has 2 aromatic carbocycles. The van der Waals surface area contributed by atoms with Crippen molar-refractivity contribution in [2.45, 2.75) is 12.5 Å². The molecule has 0 saturated carbocycles. The lowest BCUT2D eigenvalue weighted by Crippen LogP contribution is -2.23. The molecule has 20 heavy (non-hydrogen) atoms. The van der Waals surface area contributed by atoms with Crippen LogP contribution >= 0.6 is 0 Å². The normalized spacial score (nSPS) is 17.8. The highest BCUT2D eigenvalue weighted by atomic mass is 19.1. The molecule has 0 saturated heterocycles. The Kier molecular flexibility index (Phi) is 2.49. The number of halogens is 1. The van der Waals surface area contributed by atoms with Crippen LogP contribution in [0.1, 0.15) is 18.0 Å². The maximum absolute atomic E-state index is 13.1. The molecule has 4 rings (SSSR count). The summed E-state index contributed by atoms with van der Waals surface area (Å²) in [5.74, 6) is 0.699. The third kappa shape index (κ3) is 1.68. The van der Waals surface area contributed by atoms with Gasteiger partial charge in [-0.05, 0) is 36.2 Å². The van der Waals surface area contributed by atoms with Gasteiger partial charge in [0.05, 0.1) is 17.1 Å². The maximum atomic E-state index is 13.1. The van der Waals surface area contributed by atoms with Gasteiger partial charge in [-0.2, -0.15) is 0 Å². The van der Waals surface area contributed by atoms with Crippen LogP contribution in [0.15, 0.2) is 48.5 Å². The molecule has 1 unspecified atom stereocenters. The van der Waals surface area contributed by atoms with Crippen molar-refractivity contribution < 1.29 is 4.39 Å². The van der Waals surface area contributed by atoms with E-state index in [1.807, 2.05) is 30.3 Å². The van der Waals surface area contributed by atoms with Crippen LogP contribution < -0.4 is 5.32 Å². The molecular formula is C16H14FN3. The average Bonchev–Trinajstić information content (AvgIpc) is 2.86. The van der Waals surface area contributed by atoms with Crippen molar-refractivity contribution in [3.8, 4) is 0 Å². The number of fused-ring (bicyclic) bond motifs is 3. The van der Waals surface area contributed by atoms with Gasteiger partial charge in [-0.25, -0.2) is 9.37 Å². The molecular weight excluding hydrogens is 253 g/mol. The molecule has 3 aromatic rings. The van der Waals surface area contributed by atoms with Crippen LogP contribution in [0.4, 0.5) is 10.3 Å². The zero-order valence-corrected chi connectivity index (χ0v) is 10.9. The Morgan fingerprint density at radius 1 is 1.10 bits per heavy atom. The molecule has 4 heteroatoms. The third-order valence-electron chi connectivity index (χ3n) is 3.86. The van der Waals surface area contributed by atoms with Crippen molar-refractivity contribution in [1.29, 1.82) is 0 Å². The van der Waals surface area contributed by atoms with Gasteiger partial charge in [-0.3, -0.25) is 0 Å². The van der Waals surface area contributed by atoms with E-state index in [1.54, 1.807) is 0 Å². The van der Waals surface area contributed by atoms with Gasteiger partial charge in [-0.1, -0.05) is 24.3 Å². The van der Waals surface area contributed by atoms with Gasteiger partial charge < -0.3 is 9.88 Å². The number of para-hydroxylation sites is 2. The number of hydrogen-bond donors (Lipinski definition) is 1. The van der Waals surface area contributed by atoms with Crippen molar-refractivity contribution in [3.05, 3.63) is 59.9 Å². The van der Waals surface area contributed by atoms with Crippen LogP contribution in [0.3, 0.4) is 0 Å². The fraction of sp³-hybridized carbons (Fsp3) is 0.188. The summed E-state index contributed by atoms with van der Waals surface area (Å²) in [4.78, 5) is 4.62. The Balaban J connectivity index is 1.90. The van der Waals surface area contributed by atoms with Crippen molar-refractivity contribution in [3.63, 3.8) is 0 Å². The van der Waals surface area contributed by atoms with Gasteiger partial charge >= 0.3 is 0 Å². The molecule has 0 bridgehead atoms. The first-order valence-electron chi connectivity index (χ1n) is 6.79. The summed E-state index contributed by atoms with van der Waals surface area (Å²) in [5.41, 5.74) is 3.23. The number of aromatic nitrogens is 2. The minimum Gasteiger partial charge on any atom is -0.356 e. The van der Waals surface area contributed by atoms with E-state index in [0.29, 0.717) is 0 Å². The van der Waals surface area contributed by atoms with E-state index in [2.05, 4.69) is 20.9 Å². The fourth-order valence-electron chi connectivity index (χ4n) is 2.94. The zero-order valence-electron chi connectivity index (χ0n) is 10.9. The van der Waals surface area contributed by atoms with E-state index in [4.69, 9.17) is 0 Å². The molecule has 2 heterocycles. The summed E-state index contributed by atoms with van der Waals surface area (Å²) in [6, 6.07) is 15.1. The predicted molar refractivity (Wildman–Crippen MR) is 77.4 cm³/mol. The highest BCUT2D eigenvalue weighted by Gasteiger charge is 2.24. The van der Waals surface area contributed by atoms with Crippen LogP contribution in [0.25, 0.3) is 11.0 Å². The Morgan fingerprint density at radius 2 is 1.90 bits per heavy atom. The van der Waals surface area contributed by atoms with Gasteiger partial charge in [0.1, 0.15) is 5.82 Å². The minimum atomic E-state index is -0.196. The maximum Gasteiger partial charge on any atom is 0.204 e. The van der Waals surface area contributed by atoms with Crippen LogP contribution in [0, 0.1) is 5.82 Å². The molecule has 100 valence electrons. The first kappa shape index (κ1) is 11.5. The van der Waals surface area contributed by atoms with Crippen molar-refractivity contribution in [2.24, 2.45) is 0 Å². The van der Waals surface area contributed by atoms with Gasteiger partial charge in [0.25, 0.3) is 0 Å². The average molecular weight is 267 g/mol. The smallest absolute Gasteiger partial charge is 0.204 e. The van der Waals surface area contributed by atoms with E-state index in [0.717, 1.165) is 35.5 Å². The molecule has 0 aliphatic carbocycles. The van der Waals surface area contributed by atoms with E-state index >= 15 is 0 Å². The largest absolute Gasteiger partial charge is 0.356 e. The summed E-state index contributed by atoms with van der Waals surface area (Å²) in [6.45, 7) is 0.880. The molecule has 0 amide bonds. The Morgan fingerprint density at radius 3 is 2.75 bits per heavy atom. The SMILES string of the molecule is Fc1ccc(C2CCNc3nc4ccccc4n32)cc1. The summed E-state index contributed by atoms with van der Waals surface area (Å²) in [6.07, 6.45) is 0.971. The monoisotopic (exact) mass is 267 g/mol. The first-order valence-corrected chi connectivity index (χ1v) is 6.79. The quantitative estimate of drug-likeness (QED) is 0.730. The summed E-state index contributed by atoms with van der Waals surface area (Å²) < 4.78 is 15.3. The molecule has 1 aromatic heterocycles. The van der Waals surface area contributed by atoms with Gasteiger partial charge in [0.2, 0.25) is 5.95 Å².